The number of rotatable bonds is 6. The summed E-state index contributed by atoms with van der Waals surface area (Å²) >= 11 is 0. The molecule has 2 heterocycles. The predicted octanol–water partition coefficient (Wildman–Crippen LogP) is 2.92. The fourth-order valence-electron chi connectivity index (χ4n) is 3.61. The second-order valence-electron chi connectivity index (χ2n) is 7.91. The lowest BCUT2D eigenvalue weighted by atomic mass is 10.0. The van der Waals surface area contributed by atoms with Crippen molar-refractivity contribution in [2.75, 3.05) is 13.2 Å². The van der Waals surface area contributed by atoms with E-state index in [0.717, 1.165) is 16.7 Å². The van der Waals surface area contributed by atoms with Gasteiger partial charge in [-0.05, 0) is 42.3 Å². The Hall–Kier alpha value is -3.29. The van der Waals surface area contributed by atoms with Gasteiger partial charge in [0.15, 0.2) is 12.2 Å². The molecule has 9 heteroatoms. The molecule has 1 saturated heterocycles. The van der Waals surface area contributed by atoms with Gasteiger partial charge in [-0.15, -0.1) is 0 Å². The van der Waals surface area contributed by atoms with E-state index in [-0.39, 0.29) is 6.61 Å². The van der Waals surface area contributed by atoms with Gasteiger partial charge >= 0.3 is 6.11 Å². The zero-order valence-corrected chi connectivity index (χ0v) is 18.3. The van der Waals surface area contributed by atoms with E-state index in [1.807, 2.05) is 24.3 Å². The van der Waals surface area contributed by atoms with Gasteiger partial charge in [-0.1, -0.05) is 36.1 Å². The molecular formula is C25H24F2N2O5. The van der Waals surface area contributed by atoms with Crippen LogP contribution in [0.2, 0.25) is 0 Å². The molecule has 0 bridgehead atoms. The molecule has 3 aromatic rings. The molecule has 1 fully saturated rings. The van der Waals surface area contributed by atoms with Crippen molar-refractivity contribution in [3.8, 4) is 28.7 Å². The summed E-state index contributed by atoms with van der Waals surface area (Å²) in [5.74, 6) is 6.82. The van der Waals surface area contributed by atoms with Gasteiger partial charge in [0.1, 0.15) is 23.7 Å². The van der Waals surface area contributed by atoms with Crippen LogP contribution < -0.4 is 4.74 Å². The van der Waals surface area contributed by atoms with Gasteiger partial charge < -0.3 is 29.4 Å². The highest BCUT2D eigenvalue weighted by Gasteiger charge is 2.52. The van der Waals surface area contributed by atoms with Gasteiger partial charge in [0.2, 0.25) is 0 Å². The monoisotopic (exact) mass is 470 g/mol. The first-order chi connectivity index (χ1) is 16.3. The van der Waals surface area contributed by atoms with Crippen molar-refractivity contribution in [3.63, 3.8) is 0 Å². The fraction of sp³-hybridized carbons (Fsp3) is 0.320. The van der Waals surface area contributed by atoms with Crippen LogP contribution in [0.25, 0.3) is 11.1 Å². The summed E-state index contributed by atoms with van der Waals surface area (Å²) in [4.78, 5) is 4.10. The Kier molecular flexibility index (Phi) is 6.95. The quantitative estimate of drug-likeness (QED) is 0.480. The lowest BCUT2D eigenvalue weighted by Crippen LogP contribution is -2.38. The van der Waals surface area contributed by atoms with E-state index in [2.05, 4.69) is 21.6 Å². The molecule has 1 aliphatic rings. The lowest BCUT2D eigenvalue weighted by molar-refractivity contribution is -0.248. The van der Waals surface area contributed by atoms with E-state index in [9.17, 15) is 24.1 Å². The molecule has 34 heavy (non-hydrogen) atoms. The number of hydrogen-bond donors (Lipinski definition) is 3. The molecule has 2 aromatic carbocycles. The van der Waals surface area contributed by atoms with Crippen LogP contribution in [0.4, 0.5) is 8.78 Å². The summed E-state index contributed by atoms with van der Waals surface area (Å²) < 4.78 is 37.9. The van der Waals surface area contributed by atoms with Crippen molar-refractivity contribution in [3.05, 3.63) is 72.3 Å². The van der Waals surface area contributed by atoms with Gasteiger partial charge in [0.05, 0.1) is 13.2 Å². The highest BCUT2D eigenvalue weighted by molar-refractivity contribution is 5.65. The summed E-state index contributed by atoms with van der Waals surface area (Å²) in [6.07, 6.45) is -4.32. The van der Waals surface area contributed by atoms with E-state index >= 15 is 0 Å². The number of halogens is 2. The highest BCUT2D eigenvalue weighted by atomic mass is 19.3. The third-order valence-corrected chi connectivity index (χ3v) is 5.46. The standard InChI is InChI=1S/C25H24F2N2O5/c1-16(31)24-28-12-13-29(24)20(14-30)9-4-17-2-5-18(6-3-17)19-7-10-21(11-8-19)34-22-15-33-25(26,27)23(22)32/h2-3,5-8,10-13,16,20,22-23,30-32H,14-15H2,1H3/t16-,20-,22?,23-/m0/s1. The number of aliphatic hydroxyl groups excluding tert-OH is 3. The van der Waals surface area contributed by atoms with Gasteiger partial charge in [-0.25, -0.2) is 4.98 Å². The third-order valence-electron chi connectivity index (χ3n) is 5.46. The number of hydrogen-bond acceptors (Lipinski definition) is 6. The average molecular weight is 470 g/mol. The SMILES string of the molecule is C[C@H](O)c1nccn1[C@@H](C#Cc1ccc(-c2ccc(OC3COC(F)(F)[C@H]3O)cc2)cc1)CO. The minimum absolute atomic E-state index is 0.225. The second kappa shape index (κ2) is 9.91. The van der Waals surface area contributed by atoms with Crippen molar-refractivity contribution in [2.24, 2.45) is 0 Å². The largest absolute Gasteiger partial charge is 0.485 e. The Labute approximate surface area is 195 Å². The number of ether oxygens (including phenoxy) is 2. The summed E-state index contributed by atoms with van der Waals surface area (Å²) in [6, 6.07) is 13.8. The van der Waals surface area contributed by atoms with Crippen molar-refractivity contribution >= 4 is 0 Å². The summed E-state index contributed by atoms with van der Waals surface area (Å²) in [5, 5.41) is 29.1. The van der Waals surface area contributed by atoms with Crippen LogP contribution in [0.15, 0.2) is 60.9 Å². The summed E-state index contributed by atoms with van der Waals surface area (Å²) in [6.45, 7) is 0.983. The number of imidazole rings is 1. The minimum Gasteiger partial charge on any atom is -0.485 e. The fourth-order valence-corrected chi connectivity index (χ4v) is 3.61. The van der Waals surface area contributed by atoms with Gasteiger partial charge in [-0.3, -0.25) is 0 Å². The van der Waals surface area contributed by atoms with Gasteiger partial charge in [0.25, 0.3) is 0 Å². The number of aromatic nitrogens is 2. The second-order valence-corrected chi connectivity index (χ2v) is 7.91. The Balaban J connectivity index is 1.42. The number of nitrogens with zero attached hydrogens (tertiary/aromatic N) is 2. The maximum absolute atomic E-state index is 13.3. The van der Waals surface area contributed by atoms with Crippen LogP contribution in [0, 0.1) is 11.8 Å². The molecule has 0 spiro atoms. The molecule has 7 nitrogen and oxygen atoms in total. The molecule has 1 aliphatic heterocycles. The van der Waals surface area contributed by atoms with E-state index in [4.69, 9.17) is 4.74 Å². The molecule has 4 atom stereocenters. The topological polar surface area (TPSA) is 97.0 Å². The molecule has 0 radical (unpaired) electrons. The van der Waals surface area contributed by atoms with E-state index in [0.29, 0.717) is 11.6 Å². The third kappa shape index (κ3) is 5.11. The first kappa shape index (κ1) is 23.9. The summed E-state index contributed by atoms with van der Waals surface area (Å²) in [7, 11) is 0. The van der Waals surface area contributed by atoms with Crippen LogP contribution in [-0.2, 0) is 4.74 Å². The lowest BCUT2D eigenvalue weighted by Gasteiger charge is -2.17. The summed E-state index contributed by atoms with van der Waals surface area (Å²) in [5.41, 5.74) is 2.54. The first-order valence-electron chi connectivity index (χ1n) is 10.7. The number of alkyl halides is 2. The van der Waals surface area contributed by atoms with Crippen molar-refractivity contribution < 1.29 is 33.6 Å². The molecule has 1 unspecified atom stereocenters. The molecule has 1 aromatic heterocycles. The Morgan fingerprint density at radius 3 is 2.38 bits per heavy atom. The van der Waals surface area contributed by atoms with Crippen LogP contribution in [0.5, 0.6) is 5.75 Å². The Morgan fingerprint density at radius 2 is 1.82 bits per heavy atom. The van der Waals surface area contributed by atoms with Crippen LogP contribution >= 0.6 is 0 Å². The van der Waals surface area contributed by atoms with Crippen molar-refractivity contribution in [1.29, 1.82) is 0 Å². The Morgan fingerprint density at radius 1 is 1.18 bits per heavy atom. The van der Waals surface area contributed by atoms with Crippen molar-refractivity contribution in [2.45, 2.75) is 37.4 Å². The molecule has 3 N–H and O–H groups in total. The zero-order valence-electron chi connectivity index (χ0n) is 18.3. The van der Waals surface area contributed by atoms with Crippen LogP contribution in [0.3, 0.4) is 0 Å². The van der Waals surface area contributed by atoms with Gasteiger partial charge in [0, 0.05) is 18.0 Å². The smallest absolute Gasteiger partial charge is 0.385 e. The number of aliphatic hydroxyl groups is 3. The molecule has 0 aliphatic carbocycles. The maximum Gasteiger partial charge on any atom is 0.385 e. The number of benzene rings is 2. The van der Waals surface area contributed by atoms with E-state index in [1.54, 1.807) is 48.1 Å². The van der Waals surface area contributed by atoms with E-state index in [1.165, 1.54) is 0 Å². The van der Waals surface area contributed by atoms with Crippen LogP contribution in [0.1, 0.15) is 30.5 Å². The maximum atomic E-state index is 13.3. The van der Waals surface area contributed by atoms with Gasteiger partial charge in [-0.2, -0.15) is 8.78 Å². The minimum atomic E-state index is -3.61. The zero-order chi connectivity index (χ0) is 24.3. The average Bonchev–Trinajstić information content (AvgIpc) is 3.41. The normalized spacial score (nSPS) is 20.9. The molecule has 0 amide bonds. The van der Waals surface area contributed by atoms with E-state index < -0.39 is 37.1 Å². The predicted molar refractivity (Wildman–Crippen MR) is 119 cm³/mol. The highest BCUT2D eigenvalue weighted by Crippen LogP contribution is 2.32. The van der Waals surface area contributed by atoms with Crippen molar-refractivity contribution in [1.82, 2.24) is 9.55 Å². The molecule has 0 saturated carbocycles. The molecule has 4 rings (SSSR count). The molecular weight excluding hydrogens is 446 g/mol. The Bertz CT molecular complexity index is 1170. The van der Waals surface area contributed by atoms with Crippen LogP contribution in [-0.4, -0.2) is 56.4 Å². The molecule has 178 valence electrons. The first-order valence-corrected chi connectivity index (χ1v) is 10.7.